The highest BCUT2D eigenvalue weighted by atomic mass is 79.9. The Labute approximate surface area is 124 Å². The highest BCUT2D eigenvalue weighted by Gasteiger charge is 2.02. The van der Waals surface area contributed by atoms with E-state index in [0.29, 0.717) is 0 Å². The molecule has 0 radical (unpaired) electrons. The molecule has 0 amide bonds. The SMILES string of the molecule is Cc1cc(C)c(CNCc2cccc(Br)c2)cc1C. The fourth-order valence-corrected chi connectivity index (χ4v) is 2.65. The van der Waals surface area contributed by atoms with Crippen LogP contribution >= 0.6 is 15.9 Å². The molecule has 19 heavy (non-hydrogen) atoms. The molecule has 2 aromatic carbocycles. The predicted molar refractivity (Wildman–Crippen MR) is 85.3 cm³/mol. The third-order valence-corrected chi connectivity index (χ3v) is 3.98. The van der Waals surface area contributed by atoms with E-state index in [2.05, 4.69) is 78.4 Å². The highest BCUT2D eigenvalue weighted by Crippen LogP contribution is 2.16. The minimum Gasteiger partial charge on any atom is -0.309 e. The van der Waals surface area contributed by atoms with E-state index in [1.165, 1.54) is 27.8 Å². The van der Waals surface area contributed by atoms with Crippen molar-refractivity contribution < 1.29 is 0 Å². The minimum atomic E-state index is 0.895. The maximum absolute atomic E-state index is 3.51. The molecule has 1 nitrogen and oxygen atoms in total. The summed E-state index contributed by atoms with van der Waals surface area (Å²) in [5, 5.41) is 3.51. The second-order valence-electron chi connectivity index (χ2n) is 5.10. The van der Waals surface area contributed by atoms with Crippen LogP contribution in [0.1, 0.15) is 27.8 Å². The average Bonchev–Trinajstić information content (AvgIpc) is 2.35. The van der Waals surface area contributed by atoms with Crippen LogP contribution in [0, 0.1) is 20.8 Å². The molecule has 2 heteroatoms. The number of benzene rings is 2. The van der Waals surface area contributed by atoms with Crippen molar-refractivity contribution in [1.82, 2.24) is 5.32 Å². The summed E-state index contributed by atoms with van der Waals surface area (Å²) < 4.78 is 1.13. The Kier molecular flexibility index (Phi) is 4.78. The van der Waals surface area contributed by atoms with Crippen LogP contribution in [0.15, 0.2) is 40.9 Å². The molecule has 0 aliphatic heterocycles. The predicted octanol–water partition coefficient (Wildman–Crippen LogP) is 4.66. The smallest absolute Gasteiger partial charge is 0.0211 e. The summed E-state index contributed by atoms with van der Waals surface area (Å²) in [7, 11) is 0. The highest BCUT2D eigenvalue weighted by molar-refractivity contribution is 9.10. The van der Waals surface area contributed by atoms with Crippen LogP contribution in [0.2, 0.25) is 0 Å². The zero-order valence-corrected chi connectivity index (χ0v) is 13.3. The fourth-order valence-electron chi connectivity index (χ4n) is 2.20. The normalized spacial score (nSPS) is 10.7. The van der Waals surface area contributed by atoms with Gasteiger partial charge in [0.2, 0.25) is 0 Å². The molecule has 0 saturated heterocycles. The van der Waals surface area contributed by atoms with Gasteiger partial charge in [-0.1, -0.05) is 40.2 Å². The van der Waals surface area contributed by atoms with Crippen molar-refractivity contribution in [3.8, 4) is 0 Å². The molecule has 2 aromatic rings. The zero-order valence-electron chi connectivity index (χ0n) is 11.8. The molecule has 2 rings (SSSR count). The standard InChI is InChI=1S/C17H20BrN/c1-12-7-14(3)16(8-13(12)2)11-19-10-15-5-4-6-17(18)9-15/h4-9,19H,10-11H2,1-3H3. The molecule has 0 unspecified atom stereocenters. The van der Waals surface area contributed by atoms with E-state index in [1.54, 1.807) is 0 Å². The second-order valence-corrected chi connectivity index (χ2v) is 6.01. The molecule has 0 spiro atoms. The van der Waals surface area contributed by atoms with Crippen LogP contribution in [0.25, 0.3) is 0 Å². The van der Waals surface area contributed by atoms with Gasteiger partial charge in [-0.15, -0.1) is 0 Å². The monoisotopic (exact) mass is 317 g/mol. The van der Waals surface area contributed by atoms with Crippen molar-refractivity contribution in [2.45, 2.75) is 33.9 Å². The maximum atomic E-state index is 3.51. The van der Waals surface area contributed by atoms with Gasteiger partial charge in [0.1, 0.15) is 0 Å². The van der Waals surface area contributed by atoms with Crippen LogP contribution in [0.4, 0.5) is 0 Å². The van der Waals surface area contributed by atoms with Crippen LogP contribution < -0.4 is 5.32 Å². The van der Waals surface area contributed by atoms with Gasteiger partial charge in [-0.2, -0.15) is 0 Å². The van der Waals surface area contributed by atoms with E-state index in [0.717, 1.165) is 17.6 Å². The van der Waals surface area contributed by atoms with Crippen molar-refractivity contribution in [2.75, 3.05) is 0 Å². The van der Waals surface area contributed by atoms with Crippen molar-refractivity contribution in [3.05, 3.63) is 68.7 Å². The first-order valence-electron chi connectivity index (χ1n) is 6.58. The number of halogens is 1. The van der Waals surface area contributed by atoms with Gasteiger partial charge in [-0.25, -0.2) is 0 Å². The van der Waals surface area contributed by atoms with Gasteiger partial charge in [0.25, 0.3) is 0 Å². The van der Waals surface area contributed by atoms with Gasteiger partial charge in [0.05, 0.1) is 0 Å². The van der Waals surface area contributed by atoms with Gasteiger partial charge < -0.3 is 5.32 Å². The molecule has 0 bridgehead atoms. The Bertz CT molecular complexity index is 575. The topological polar surface area (TPSA) is 12.0 Å². The minimum absolute atomic E-state index is 0.895. The maximum Gasteiger partial charge on any atom is 0.0211 e. The second kappa shape index (κ2) is 6.36. The fraction of sp³-hybridized carbons (Fsp3) is 0.294. The first-order chi connectivity index (χ1) is 9.06. The Balaban J connectivity index is 1.98. The first kappa shape index (κ1) is 14.3. The number of rotatable bonds is 4. The van der Waals surface area contributed by atoms with E-state index >= 15 is 0 Å². The largest absolute Gasteiger partial charge is 0.309 e. The van der Waals surface area contributed by atoms with Gasteiger partial charge in [-0.3, -0.25) is 0 Å². The summed E-state index contributed by atoms with van der Waals surface area (Å²) in [6.07, 6.45) is 0. The lowest BCUT2D eigenvalue weighted by Crippen LogP contribution is -2.13. The molecule has 0 fully saturated rings. The summed E-state index contributed by atoms with van der Waals surface area (Å²) >= 11 is 3.50. The summed E-state index contributed by atoms with van der Waals surface area (Å²) in [6.45, 7) is 8.33. The van der Waals surface area contributed by atoms with Crippen molar-refractivity contribution >= 4 is 15.9 Å². The van der Waals surface area contributed by atoms with E-state index < -0.39 is 0 Å². The molecule has 0 heterocycles. The van der Waals surface area contributed by atoms with Crippen molar-refractivity contribution in [3.63, 3.8) is 0 Å². The van der Waals surface area contributed by atoms with E-state index in [1.807, 2.05) is 0 Å². The Morgan fingerprint density at radius 1 is 0.895 bits per heavy atom. The van der Waals surface area contributed by atoms with Crippen molar-refractivity contribution in [1.29, 1.82) is 0 Å². The summed E-state index contributed by atoms with van der Waals surface area (Å²) in [6, 6.07) is 13.0. The van der Waals surface area contributed by atoms with Crippen LogP contribution in [-0.4, -0.2) is 0 Å². The molecule has 0 aromatic heterocycles. The lowest BCUT2D eigenvalue weighted by atomic mass is 10.0. The number of nitrogens with one attached hydrogen (secondary N) is 1. The van der Waals surface area contributed by atoms with E-state index in [-0.39, 0.29) is 0 Å². The Morgan fingerprint density at radius 2 is 1.63 bits per heavy atom. The van der Waals surface area contributed by atoms with Crippen LogP contribution in [0.5, 0.6) is 0 Å². The lowest BCUT2D eigenvalue weighted by Gasteiger charge is -2.11. The number of hydrogen-bond acceptors (Lipinski definition) is 1. The Morgan fingerprint density at radius 3 is 2.37 bits per heavy atom. The third kappa shape index (κ3) is 3.92. The van der Waals surface area contributed by atoms with Crippen LogP contribution in [-0.2, 0) is 13.1 Å². The summed E-state index contributed by atoms with van der Waals surface area (Å²) in [4.78, 5) is 0. The summed E-state index contributed by atoms with van der Waals surface area (Å²) in [5.74, 6) is 0. The zero-order chi connectivity index (χ0) is 13.8. The quantitative estimate of drug-likeness (QED) is 0.864. The van der Waals surface area contributed by atoms with Crippen molar-refractivity contribution in [2.24, 2.45) is 0 Å². The molecular formula is C17H20BrN. The van der Waals surface area contributed by atoms with E-state index in [9.17, 15) is 0 Å². The lowest BCUT2D eigenvalue weighted by molar-refractivity contribution is 0.690. The van der Waals surface area contributed by atoms with Gasteiger partial charge in [0.15, 0.2) is 0 Å². The van der Waals surface area contributed by atoms with E-state index in [4.69, 9.17) is 0 Å². The number of aryl methyl sites for hydroxylation is 3. The molecule has 0 aliphatic carbocycles. The number of hydrogen-bond donors (Lipinski definition) is 1. The summed E-state index contributed by atoms with van der Waals surface area (Å²) in [5.41, 5.74) is 6.79. The molecule has 0 aliphatic rings. The molecular weight excluding hydrogens is 298 g/mol. The Hall–Kier alpha value is -1.12. The van der Waals surface area contributed by atoms with Crippen LogP contribution in [0.3, 0.4) is 0 Å². The molecule has 100 valence electrons. The third-order valence-electron chi connectivity index (χ3n) is 3.49. The van der Waals surface area contributed by atoms with Gasteiger partial charge in [0, 0.05) is 17.6 Å². The molecule has 0 atom stereocenters. The first-order valence-corrected chi connectivity index (χ1v) is 7.37. The van der Waals surface area contributed by atoms with Gasteiger partial charge >= 0.3 is 0 Å². The molecule has 1 N–H and O–H groups in total. The molecule has 0 saturated carbocycles. The van der Waals surface area contributed by atoms with Gasteiger partial charge in [-0.05, 0) is 60.7 Å². The average molecular weight is 318 g/mol.